The van der Waals surface area contributed by atoms with Crippen molar-refractivity contribution in [2.45, 2.75) is 56.7 Å². The van der Waals surface area contributed by atoms with Crippen molar-refractivity contribution in [2.75, 3.05) is 53.0 Å². The summed E-state index contributed by atoms with van der Waals surface area (Å²) >= 11 is 0. The van der Waals surface area contributed by atoms with Crippen molar-refractivity contribution in [1.82, 2.24) is 20.4 Å². The second-order valence-electron chi connectivity index (χ2n) is 9.14. The first kappa shape index (κ1) is 21.6. The molecule has 0 radical (unpaired) electrons. The van der Waals surface area contributed by atoms with E-state index in [1.165, 1.54) is 44.3 Å². The van der Waals surface area contributed by atoms with E-state index < -0.39 is 0 Å². The normalized spacial score (nSPS) is 24.1. The van der Waals surface area contributed by atoms with Crippen LogP contribution in [-0.2, 0) is 11.3 Å². The van der Waals surface area contributed by atoms with Gasteiger partial charge in [-0.1, -0.05) is 30.3 Å². The van der Waals surface area contributed by atoms with Gasteiger partial charge < -0.3 is 15.4 Å². The summed E-state index contributed by atoms with van der Waals surface area (Å²) in [6, 6.07) is 11.3. The van der Waals surface area contributed by atoms with E-state index in [1.807, 2.05) is 7.05 Å². The molecule has 0 aromatic heterocycles. The lowest BCUT2D eigenvalue weighted by molar-refractivity contribution is -0.0164. The van der Waals surface area contributed by atoms with Crippen LogP contribution in [0.15, 0.2) is 35.3 Å². The molecule has 4 rings (SSSR count). The van der Waals surface area contributed by atoms with Gasteiger partial charge in [0.1, 0.15) is 0 Å². The number of likely N-dealkylation sites (tertiary alicyclic amines) is 2. The third kappa shape index (κ3) is 5.54. The van der Waals surface area contributed by atoms with E-state index in [0.29, 0.717) is 6.04 Å². The molecule has 3 aliphatic heterocycles. The summed E-state index contributed by atoms with van der Waals surface area (Å²) in [4.78, 5) is 9.81. The smallest absolute Gasteiger partial charge is 0.191 e. The fourth-order valence-electron chi connectivity index (χ4n) is 5.26. The first-order valence-corrected chi connectivity index (χ1v) is 11.8. The molecular weight excluding hydrogens is 374 g/mol. The van der Waals surface area contributed by atoms with Crippen molar-refractivity contribution in [1.29, 1.82) is 0 Å². The van der Waals surface area contributed by atoms with Gasteiger partial charge in [0.05, 0.1) is 0 Å². The first-order valence-electron chi connectivity index (χ1n) is 11.8. The molecule has 6 heteroatoms. The van der Waals surface area contributed by atoms with Crippen LogP contribution in [0.3, 0.4) is 0 Å². The molecule has 30 heavy (non-hydrogen) atoms. The molecule has 0 spiro atoms. The number of nitrogens with zero attached hydrogens (tertiary/aromatic N) is 3. The molecule has 0 bridgehead atoms. The Morgan fingerprint density at radius 3 is 2.43 bits per heavy atom. The maximum atomic E-state index is 5.69. The monoisotopic (exact) mass is 413 g/mol. The Morgan fingerprint density at radius 1 is 1.07 bits per heavy atom. The lowest BCUT2D eigenvalue weighted by atomic mass is 9.88. The lowest BCUT2D eigenvalue weighted by Crippen LogP contribution is -2.59. The fraction of sp³-hybridized carbons (Fsp3) is 0.708. The summed E-state index contributed by atoms with van der Waals surface area (Å²) in [7, 11) is 1.90. The average molecular weight is 414 g/mol. The van der Waals surface area contributed by atoms with Gasteiger partial charge in [-0.3, -0.25) is 14.8 Å². The SMILES string of the molecule is CN=C(NCC1(N2CCCC2)CCOCC1)NC1CCN(Cc2ccccc2)CC1. The zero-order chi connectivity index (χ0) is 20.7. The van der Waals surface area contributed by atoms with Crippen molar-refractivity contribution in [3.8, 4) is 0 Å². The van der Waals surface area contributed by atoms with Crippen LogP contribution in [0.2, 0.25) is 0 Å². The van der Waals surface area contributed by atoms with E-state index in [1.54, 1.807) is 0 Å². The summed E-state index contributed by atoms with van der Waals surface area (Å²) in [5, 5.41) is 7.38. The van der Waals surface area contributed by atoms with Crippen molar-refractivity contribution in [2.24, 2.45) is 4.99 Å². The molecule has 3 aliphatic rings. The summed E-state index contributed by atoms with van der Waals surface area (Å²) in [6.45, 7) is 8.51. The van der Waals surface area contributed by atoms with Gasteiger partial charge in [-0.15, -0.1) is 0 Å². The number of hydrogen-bond acceptors (Lipinski definition) is 4. The lowest BCUT2D eigenvalue weighted by Gasteiger charge is -2.45. The average Bonchev–Trinajstić information content (AvgIpc) is 3.35. The molecule has 6 nitrogen and oxygen atoms in total. The molecule has 3 fully saturated rings. The third-order valence-corrected chi connectivity index (χ3v) is 7.19. The van der Waals surface area contributed by atoms with Crippen LogP contribution in [0, 0.1) is 0 Å². The number of guanidine groups is 1. The first-order chi connectivity index (χ1) is 14.8. The zero-order valence-corrected chi connectivity index (χ0v) is 18.6. The molecule has 0 unspecified atom stereocenters. The molecule has 2 N–H and O–H groups in total. The fourth-order valence-corrected chi connectivity index (χ4v) is 5.26. The third-order valence-electron chi connectivity index (χ3n) is 7.19. The number of rotatable bonds is 6. The van der Waals surface area contributed by atoms with E-state index >= 15 is 0 Å². The Balaban J connectivity index is 1.25. The van der Waals surface area contributed by atoms with Crippen LogP contribution in [-0.4, -0.2) is 80.3 Å². The Bertz CT molecular complexity index is 659. The molecule has 1 aromatic carbocycles. The van der Waals surface area contributed by atoms with Gasteiger partial charge in [-0.2, -0.15) is 0 Å². The standard InChI is InChI=1S/C24H39N5O/c1-25-23(26-20-24(11-17-30-18-12-24)29-13-5-6-14-29)27-22-9-15-28(16-10-22)19-21-7-3-2-4-8-21/h2-4,7-8,22H,5-6,9-20H2,1H3,(H2,25,26,27). The highest BCUT2D eigenvalue weighted by atomic mass is 16.5. The zero-order valence-electron chi connectivity index (χ0n) is 18.6. The summed E-state index contributed by atoms with van der Waals surface area (Å²) in [6.07, 6.45) is 7.23. The minimum Gasteiger partial charge on any atom is -0.381 e. The molecule has 166 valence electrons. The maximum Gasteiger partial charge on any atom is 0.191 e. The molecule has 1 aromatic rings. The molecule has 3 heterocycles. The number of nitrogens with one attached hydrogen (secondary N) is 2. The van der Waals surface area contributed by atoms with Crippen LogP contribution in [0.1, 0.15) is 44.1 Å². The highest BCUT2D eigenvalue weighted by molar-refractivity contribution is 5.80. The van der Waals surface area contributed by atoms with Crippen LogP contribution >= 0.6 is 0 Å². The van der Waals surface area contributed by atoms with Crippen molar-refractivity contribution >= 4 is 5.96 Å². The summed E-state index contributed by atoms with van der Waals surface area (Å²) in [5.41, 5.74) is 1.64. The van der Waals surface area contributed by atoms with Crippen molar-refractivity contribution in [3.63, 3.8) is 0 Å². The minimum atomic E-state index is 0.228. The number of benzene rings is 1. The Hall–Kier alpha value is -1.63. The summed E-state index contributed by atoms with van der Waals surface area (Å²) in [5.74, 6) is 0.960. The van der Waals surface area contributed by atoms with Gasteiger partial charge >= 0.3 is 0 Å². The Kier molecular flexibility index (Phi) is 7.63. The van der Waals surface area contributed by atoms with Crippen LogP contribution in [0.4, 0.5) is 0 Å². The van der Waals surface area contributed by atoms with Gasteiger partial charge in [0, 0.05) is 58.0 Å². The van der Waals surface area contributed by atoms with E-state index in [4.69, 9.17) is 4.74 Å². The Morgan fingerprint density at radius 2 is 1.77 bits per heavy atom. The van der Waals surface area contributed by atoms with Gasteiger partial charge in [0.25, 0.3) is 0 Å². The quantitative estimate of drug-likeness (QED) is 0.554. The van der Waals surface area contributed by atoms with Crippen LogP contribution < -0.4 is 10.6 Å². The Labute approximate surface area is 182 Å². The van der Waals surface area contributed by atoms with E-state index in [9.17, 15) is 0 Å². The van der Waals surface area contributed by atoms with Gasteiger partial charge in [-0.05, 0) is 57.2 Å². The molecule has 0 aliphatic carbocycles. The highest BCUT2D eigenvalue weighted by Gasteiger charge is 2.39. The van der Waals surface area contributed by atoms with Crippen molar-refractivity contribution in [3.05, 3.63) is 35.9 Å². The van der Waals surface area contributed by atoms with Crippen molar-refractivity contribution < 1.29 is 4.74 Å². The predicted molar refractivity (Wildman–Crippen MR) is 123 cm³/mol. The predicted octanol–water partition coefficient (Wildman–Crippen LogP) is 2.46. The molecule has 0 amide bonds. The minimum absolute atomic E-state index is 0.228. The molecule has 0 saturated carbocycles. The second kappa shape index (κ2) is 10.6. The molecule has 0 atom stereocenters. The van der Waals surface area contributed by atoms with E-state index in [-0.39, 0.29) is 5.54 Å². The maximum absolute atomic E-state index is 5.69. The van der Waals surface area contributed by atoms with Crippen LogP contribution in [0.5, 0.6) is 0 Å². The summed E-state index contributed by atoms with van der Waals surface area (Å²) < 4.78 is 5.69. The molecular formula is C24H39N5O. The highest BCUT2D eigenvalue weighted by Crippen LogP contribution is 2.30. The number of ether oxygens (including phenoxy) is 1. The van der Waals surface area contributed by atoms with Gasteiger partial charge in [0.2, 0.25) is 0 Å². The van der Waals surface area contributed by atoms with E-state index in [2.05, 4.69) is 55.8 Å². The number of aliphatic imine (C=N–C) groups is 1. The topological polar surface area (TPSA) is 52.1 Å². The van der Waals surface area contributed by atoms with Gasteiger partial charge in [-0.25, -0.2) is 0 Å². The number of hydrogen-bond donors (Lipinski definition) is 2. The van der Waals surface area contributed by atoms with Gasteiger partial charge in [0.15, 0.2) is 5.96 Å². The molecule has 3 saturated heterocycles. The largest absolute Gasteiger partial charge is 0.381 e. The van der Waals surface area contributed by atoms with Crippen LogP contribution in [0.25, 0.3) is 0 Å². The number of piperidine rings is 1. The second-order valence-corrected chi connectivity index (χ2v) is 9.14. The van der Waals surface area contributed by atoms with E-state index in [0.717, 1.165) is 58.2 Å².